The summed E-state index contributed by atoms with van der Waals surface area (Å²) in [6.45, 7) is -0.521. The number of sulfonamides is 1. The van der Waals surface area contributed by atoms with Gasteiger partial charge in [-0.25, -0.2) is 17.2 Å². The van der Waals surface area contributed by atoms with Crippen LogP contribution in [0.5, 0.6) is 0 Å². The van der Waals surface area contributed by atoms with E-state index in [0.29, 0.717) is 4.31 Å². The summed E-state index contributed by atoms with van der Waals surface area (Å²) in [4.78, 5) is 9.79. The summed E-state index contributed by atoms with van der Waals surface area (Å²) in [6.07, 6.45) is -1.52. The van der Waals surface area contributed by atoms with Crippen molar-refractivity contribution in [2.24, 2.45) is 0 Å². The van der Waals surface area contributed by atoms with Crippen molar-refractivity contribution in [2.45, 2.75) is 23.5 Å². The highest BCUT2D eigenvalue weighted by Crippen LogP contribution is 2.29. The maximum atomic E-state index is 13.6. The largest absolute Gasteiger partial charge is 0.480 e. The molecular formula is C11H11F2NO5S. The van der Waals surface area contributed by atoms with E-state index in [2.05, 4.69) is 0 Å². The van der Waals surface area contributed by atoms with Gasteiger partial charge in [0, 0.05) is 13.0 Å². The predicted octanol–water partition coefficient (Wildman–Crippen LogP) is 0.173. The molecule has 0 radical (unpaired) electrons. The first-order chi connectivity index (χ1) is 9.25. The van der Waals surface area contributed by atoms with E-state index in [9.17, 15) is 27.1 Å². The van der Waals surface area contributed by atoms with Crippen molar-refractivity contribution >= 4 is 16.0 Å². The topological polar surface area (TPSA) is 94.9 Å². The number of halogens is 2. The van der Waals surface area contributed by atoms with Gasteiger partial charge in [-0.15, -0.1) is 0 Å². The fourth-order valence-electron chi connectivity index (χ4n) is 2.12. The normalized spacial score (nSPS) is 23.9. The Hall–Kier alpha value is -1.58. The Kier molecular flexibility index (Phi) is 3.76. The van der Waals surface area contributed by atoms with Crippen molar-refractivity contribution < 1.29 is 32.2 Å². The minimum absolute atomic E-state index is 0.329. The van der Waals surface area contributed by atoms with Gasteiger partial charge in [0.15, 0.2) is 4.90 Å². The van der Waals surface area contributed by atoms with Gasteiger partial charge in [0.1, 0.15) is 17.7 Å². The highest BCUT2D eigenvalue weighted by atomic mass is 32.2. The molecule has 9 heteroatoms. The molecule has 0 aromatic heterocycles. The number of benzene rings is 1. The molecule has 0 unspecified atom stereocenters. The number of carbonyl (C=O) groups is 1. The molecule has 1 fully saturated rings. The highest BCUT2D eigenvalue weighted by molar-refractivity contribution is 7.89. The average Bonchev–Trinajstić information content (AvgIpc) is 2.71. The lowest BCUT2D eigenvalue weighted by atomic mass is 10.2. The van der Waals surface area contributed by atoms with Crippen molar-refractivity contribution in [3.05, 3.63) is 29.8 Å². The van der Waals surface area contributed by atoms with Crippen molar-refractivity contribution in [1.29, 1.82) is 0 Å². The third kappa shape index (κ3) is 2.39. The monoisotopic (exact) mass is 307 g/mol. The Bertz CT molecular complexity index is 628. The molecule has 1 heterocycles. The highest BCUT2D eigenvalue weighted by Gasteiger charge is 2.45. The molecule has 0 spiro atoms. The van der Waals surface area contributed by atoms with Crippen molar-refractivity contribution in [1.82, 2.24) is 4.31 Å². The van der Waals surface area contributed by atoms with Crippen LogP contribution in [0, 0.1) is 11.6 Å². The molecule has 110 valence electrons. The van der Waals surface area contributed by atoms with Gasteiger partial charge in [-0.1, -0.05) is 6.07 Å². The number of carboxylic acid groups (broad SMARTS) is 1. The van der Waals surface area contributed by atoms with Crippen LogP contribution in [0.2, 0.25) is 0 Å². The van der Waals surface area contributed by atoms with E-state index in [1.807, 2.05) is 0 Å². The molecule has 1 aliphatic heterocycles. The second kappa shape index (κ2) is 5.08. The Balaban J connectivity index is 2.52. The third-order valence-electron chi connectivity index (χ3n) is 3.00. The Labute approximate surface area is 113 Å². The van der Waals surface area contributed by atoms with Crippen LogP contribution in [0.3, 0.4) is 0 Å². The average molecular weight is 307 g/mol. The molecule has 0 aliphatic carbocycles. The van der Waals surface area contributed by atoms with E-state index in [1.165, 1.54) is 0 Å². The molecule has 1 aromatic rings. The minimum Gasteiger partial charge on any atom is -0.480 e. The van der Waals surface area contributed by atoms with Gasteiger partial charge in [0.25, 0.3) is 0 Å². The lowest BCUT2D eigenvalue weighted by Crippen LogP contribution is -2.41. The Morgan fingerprint density at radius 3 is 2.35 bits per heavy atom. The van der Waals surface area contributed by atoms with Gasteiger partial charge in [0.05, 0.1) is 6.10 Å². The number of carboxylic acids is 1. The van der Waals surface area contributed by atoms with Crippen LogP contribution in [0.15, 0.2) is 23.1 Å². The number of β-amino-alcohol motifs (C(OH)–C–C–N with tert-alkyl or cyclic N) is 1. The molecule has 0 amide bonds. The van der Waals surface area contributed by atoms with E-state index in [0.717, 1.165) is 18.2 Å². The zero-order chi connectivity index (χ0) is 15.1. The lowest BCUT2D eigenvalue weighted by Gasteiger charge is -2.21. The fraction of sp³-hybridized carbons (Fsp3) is 0.364. The first-order valence-corrected chi connectivity index (χ1v) is 7.06. The molecule has 2 atom stereocenters. The Morgan fingerprint density at radius 2 is 1.85 bits per heavy atom. The SMILES string of the molecule is O=C(O)[C@@H]1C[C@H](O)CN1S(=O)(=O)c1c(F)cccc1F. The molecular weight excluding hydrogens is 296 g/mol. The minimum atomic E-state index is -4.68. The summed E-state index contributed by atoms with van der Waals surface area (Å²) < 4.78 is 52.0. The van der Waals surface area contributed by atoms with Crippen molar-refractivity contribution in [2.75, 3.05) is 6.54 Å². The summed E-state index contributed by atoms with van der Waals surface area (Å²) in [6, 6.07) is 0.974. The fourth-order valence-corrected chi connectivity index (χ4v) is 3.86. The standard InChI is InChI=1S/C11H11F2NO5S/c12-7-2-1-3-8(13)10(7)20(18,19)14-5-6(15)4-9(14)11(16)17/h1-3,6,9,15H,4-5H2,(H,16,17)/t6-,9-/m0/s1. The number of hydrogen-bond donors (Lipinski definition) is 2. The number of aliphatic hydroxyl groups excluding tert-OH is 1. The van der Waals surface area contributed by atoms with Gasteiger partial charge < -0.3 is 10.2 Å². The van der Waals surface area contributed by atoms with E-state index >= 15 is 0 Å². The smallest absolute Gasteiger partial charge is 0.322 e. The number of aliphatic hydroxyl groups is 1. The van der Waals surface area contributed by atoms with Gasteiger partial charge >= 0.3 is 5.97 Å². The summed E-state index contributed by atoms with van der Waals surface area (Å²) >= 11 is 0. The molecule has 2 N–H and O–H groups in total. The number of rotatable bonds is 3. The Morgan fingerprint density at radius 1 is 1.30 bits per heavy atom. The molecule has 0 saturated carbocycles. The zero-order valence-electron chi connectivity index (χ0n) is 10.0. The third-order valence-corrected chi connectivity index (χ3v) is 4.93. The van der Waals surface area contributed by atoms with Gasteiger partial charge in [-0.05, 0) is 12.1 Å². The van der Waals surface area contributed by atoms with Crippen LogP contribution in [0.1, 0.15) is 6.42 Å². The van der Waals surface area contributed by atoms with E-state index < -0.39 is 51.2 Å². The first-order valence-electron chi connectivity index (χ1n) is 5.62. The maximum Gasteiger partial charge on any atom is 0.322 e. The lowest BCUT2D eigenvalue weighted by molar-refractivity contribution is -0.140. The quantitative estimate of drug-likeness (QED) is 0.830. The van der Waals surface area contributed by atoms with Crippen LogP contribution in [-0.4, -0.2) is 47.6 Å². The van der Waals surface area contributed by atoms with Crippen LogP contribution < -0.4 is 0 Å². The first kappa shape index (κ1) is 14.8. The van der Waals surface area contributed by atoms with E-state index in [-0.39, 0.29) is 6.42 Å². The van der Waals surface area contributed by atoms with Gasteiger partial charge in [-0.3, -0.25) is 4.79 Å². The molecule has 0 bridgehead atoms. The predicted molar refractivity (Wildman–Crippen MR) is 62.3 cm³/mol. The zero-order valence-corrected chi connectivity index (χ0v) is 10.8. The van der Waals surface area contributed by atoms with Gasteiger partial charge in [0.2, 0.25) is 10.0 Å². The summed E-state index contributed by atoms with van der Waals surface area (Å²) in [5.74, 6) is -4.10. The molecule has 1 aliphatic rings. The molecule has 1 aromatic carbocycles. The molecule has 20 heavy (non-hydrogen) atoms. The second-order valence-electron chi connectivity index (χ2n) is 4.37. The second-order valence-corrected chi connectivity index (χ2v) is 6.20. The van der Waals surface area contributed by atoms with Gasteiger partial charge in [-0.2, -0.15) is 4.31 Å². The molecule has 2 rings (SSSR count). The van der Waals surface area contributed by atoms with Crippen LogP contribution in [0.4, 0.5) is 8.78 Å². The number of aliphatic carboxylic acids is 1. The maximum absolute atomic E-state index is 13.6. The summed E-state index contributed by atoms with van der Waals surface area (Å²) in [5, 5.41) is 18.4. The van der Waals surface area contributed by atoms with Crippen LogP contribution >= 0.6 is 0 Å². The number of hydrogen-bond acceptors (Lipinski definition) is 4. The van der Waals surface area contributed by atoms with E-state index in [4.69, 9.17) is 5.11 Å². The summed E-state index contributed by atoms with van der Waals surface area (Å²) in [5.41, 5.74) is 0. The van der Waals surface area contributed by atoms with Crippen LogP contribution in [0.25, 0.3) is 0 Å². The number of nitrogens with zero attached hydrogens (tertiary/aromatic N) is 1. The van der Waals surface area contributed by atoms with E-state index in [1.54, 1.807) is 0 Å². The van der Waals surface area contributed by atoms with Crippen molar-refractivity contribution in [3.8, 4) is 0 Å². The summed E-state index contributed by atoms with van der Waals surface area (Å²) in [7, 11) is -4.68. The molecule has 6 nitrogen and oxygen atoms in total. The molecule has 1 saturated heterocycles. The van der Waals surface area contributed by atoms with Crippen molar-refractivity contribution in [3.63, 3.8) is 0 Å². The van der Waals surface area contributed by atoms with Crippen LogP contribution in [-0.2, 0) is 14.8 Å².